The molecule has 3 aromatic rings. The lowest BCUT2D eigenvalue weighted by molar-refractivity contribution is -0.414. The number of rotatable bonds is 8. The molecule has 7 N–H and O–H groups in total. The molecule has 2 fully saturated rings. The highest BCUT2D eigenvalue weighted by atomic mass is 16.2. The highest BCUT2D eigenvalue weighted by Crippen LogP contribution is 2.42. The van der Waals surface area contributed by atoms with Crippen molar-refractivity contribution in [3.8, 4) is 0 Å². The zero-order valence-corrected chi connectivity index (χ0v) is 27.1. The Morgan fingerprint density at radius 2 is 1.87 bits per heavy atom. The van der Waals surface area contributed by atoms with E-state index >= 15 is 0 Å². The molecule has 47 heavy (non-hydrogen) atoms. The molecule has 2 amide bonds. The molecule has 0 radical (unpaired) electrons. The van der Waals surface area contributed by atoms with Crippen molar-refractivity contribution in [2.24, 2.45) is 16.1 Å². The topological polar surface area (TPSA) is 161 Å². The van der Waals surface area contributed by atoms with Gasteiger partial charge in [0.15, 0.2) is 0 Å². The molecule has 2 aromatic carbocycles. The number of aromatic nitrogens is 1. The Kier molecular flexibility index (Phi) is 8.99. The lowest BCUT2D eigenvalue weighted by atomic mass is 9.85. The van der Waals surface area contributed by atoms with E-state index in [2.05, 4.69) is 25.9 Å². The molecule has 3 aliphatic rings. The van der Waals surface area contributed by atoms with E-state index in [1.54, 1.807) is 19.6 Å². The minimum atomic E-state index is -0.486. The number of nitrogens with two attached hydrogens (primary N) is 3. The van der Waals surface area contributed by atoms with Crippen LogP contribution in [0.3, 0.4) is 0 Å². The van der Waals surface area contributed by atoms with Gasteiger partial charge in [0.25, 0.3) is 6.34 Å². The van der Waals surface area contributed by atoms with Crippen LogP contribution in [0.5, 0.6) is 0 Å². The van der Waals surface area contributed by atoms with Gasteiger partial charge in [0.05, 0.1) is 24.6 Å². The maximum absolute atomic E-state index is 13.9. The van der Waals surface area contributed by atoms with Crippen molar-refractivity contribution in [1.29, 1.82) is 0 Å². The number of anilines is 2. The van der Waals surface area contributed by atoms with Crippen LogP contribution in [-0.4, -0.2) is 90.8 Å². The third-order valence-electron chi connectivity index (χ3n) is 9.60. The quantitative estimate of drug-likeness (QED) is 0.152. The number of likely N-dealkylation sites (tertiary alicyclic amines) is 1. The van der Waals surface area contributed by atoms with Crippen molar-refractivity contribution < 1.29 is 20.0 Å². The normalized spacial score (nSPS) is 20.4. The van der Waals surface area contributed by atoms with Crippen molar-refractivity contribution >= 4 is 46.6 Å². The molecule has 1 aromatic heterocycles. The van der Waals surface area contributed by atoms with E-state index in [1.807, 2.05) is 71.3 Å². The third kappa shape index (κ3) is 6.57. The van der Waals surface area contributed by atoms with Crippen molar-refractivity contribution in [1.82, 2.24) is 14.8 Å². The summed E-state index contributed by atoms with van der Waals surface area (Å²) in [4.78, 5) is 44.4. The predicted octanol–water partition coefficient (Wildman–Crippen LogP) is -0.243. The first-order chi connectivity index (χ1) is 22.7. The number of benzene rings is 2. The Labute approximate surface area is 275 Å². The number of carbonyl (C=O) groups is 2. The average molecular weight is 634 g/mol. The van der Waals surface area contributed by atoms with E-state index in [0.29, 0.717) is 55.5 Å². The summed E-state index contributed by atoms with van der Waals surface area (Å²) >= 11 is 0. The molecule has 11 heteroatoms. The van der Waals surface area contributed by atoms with Gasteiger partial charge in [-0.25, -0.2) is 0 Å². The van der Waals surface area contributed by atoms with Crippen molar-refractivity contribution in [2.75, 3.05) is 56.9 Å². The minimum absolute atomic E-state index is 0.0975. The van der Waals surface area contributed by atoms with Crippen LogP contribution in [0.25, 0.3) is 5.57 Å². The number of nitrogen functional groups attached to an aromatic ring is 1. The van der Waals surface area contributed by atoms with Crippen LogP contribution < -0.4 is 26.8 Å². The van der Waals surface area contributed by atoms with Crippen LogP contribution >= 0.6 is 0 Å². The molecule has 0 unspecified atom stereocenters. The summed E-state index contributed by atoms with van der Waals surface area (Å²) in [5.74, 6) is 0.651. The summed E-state index contributed by atoms with van der Waals surface area (Å²) in [5.41, 5.74) is 19.4. The van der Waals surface area contributed by atoms with E-state index < -0.39 is 5.41 Å². The molecule has 0 bridgehead atoms. The second-order valence-corrected chi connectivity index (χ2v) is 12.6. The number of hydrogen-bond donors (Lipinski definition) is 4. The fourth-order valence-corrected chi connectivity index (χ4v) is 6.87. The monoisotopic (exact) mass is 633 g/mol. The third-order valence-corrected chi connectivity index (χ3v) is 9.60. The largest absolute Gasteiger partial charge is 0.398 e. The summed E-state index contributed by atoms with van der Waals surface area (Å²) in [5, 5.41) is 6.54. The molecule has 1 atom stereocenters. The molecular weight excluding hydrogens is 590 g/mol. The number of nitrogens with one attached hydrogen (secondary N) is 1. The predicted molar refractivity (Wildman–Crippen MR) is 185 cm³/mol. The minimum Gasteiger partial charge on any atom is -0.398 e. The van der Waals surface area contributed by atoms with Gasteiger partial charge in [0.2, 0.25) is 23.4 Å². The number of carbonyl (C=O) groups excluding carboxylic acids is 2. The maximum Gasteiger partial charge on any atom is 0.281 e. The molecule has 3 aliphatic heterocycles. The summed E-state index contributed by atoms with van der Waals surface area (Å²) in [6, 6.07) is 17.4. The van der Waals surface area contributed by atoms with Gasteiger partial charge in [-0.1, -0.05) is 18.2 Å². The molecule has 0 saturated carbocycles. The van der Waals surface area contributed by atoms with Crippen LogP contribution in [0, 0.1) is 12.3 Å². The van der Waals surface area contributed by atoms with E-state index in [4.69, 9.17) is 16.9 Å². The van der Waals surface area contributed by atoms with Crippen LogP contribution in [0.1, 0.15) is 47.2 Å². The van der Waals surface area contributed by atoms with Crippen molar-refractivity contribution in [3.05, 3.63) is 94.8 Å². The second-order valence-electron chi connectivity index (χ2n) is 12.6. The summed E-state index contributed by atoms with van der Waals surface area (Å²) in [7, 11) is 1.77. The van der Waals surface area contributed by atoms with Gasteiger partial charge in [-0.3, -0.25) is 29.9 Å². The Hall–Kier alpha value is -5.16. The molecule has 11 nitrogen and oxygen atoms in total. The van der Waals surface area contributed by atoms with E-state index in [9.17, 15) is 9.59 Å². The van der Waals surface area contributed by atoms with Gasteiger partial charge < -0.3 is 21.3 Å². The first-order valence-corrected chi connectivity index (χ1v) is 16.1. The summed E-state index contributed by atoms with van der Waals surface area (Å²) in [6.07, 6.45) is 7.68. The molecule has 6 rings (SSSR count). The zero-order chi connectivity index (χ0) is 33.1. The number of pyridine rings is 1. The number of aliphatic imine (C=N–C) groups is 1. The molecular formula is C36H43N9O2+2. The average Bonchev–Trinajstić information content (AvgIpc) is 3.65. The van der Waals surface area contributed by atoms with Gasteiger partial charge >= 0.3 is 0 Å². The second kappa shape index (κ2) is 13.3. The molecule has 1 spiro atoms. The first kappa shape index (κ1) is 31.8. The Morgan fingerprint density at radius 1 is 1.09 bits per heavy atom. The SMILES string of the molecule is C[NH+]=CN=C(N)c1ccc(C2=CCN(C(=O)CN3CC[C@@]4(CCN(c5ccc(N)c(C(=[NH2+])c6ccnc(C)c6)c5)C4=O)C3)CC2)cc1. The zero-order valence-electron chi connectivity index (χ0n) is 27.1. The van der Waals surface area contributed by atoms with Crippen molar-refractivity contribution in [2.45, 2.75) is 26.2 Å². The Bertz CT molecular complexity index is 1800. The number of amides is 2. The lowest BCUT2D eigenvalue weighted by Gasteiger charge is -2.29. The van der Waals surface area contributed by atoms with Crippen molar-refractivity contribution in [3.63, 3.8) is 0 Å². The van der Waals surface area contributed by atoms with E-state index in [1.165, 1.54) is 5.57 Å². The van der Waals surface area contributed by atoms with Crippen LogP contribution in [-0.2, 0) is 9.59 Å². The fourth-order valence-electron chi connectivity index (χ4n) is 6.87. The summed E-state index contributed by atoms with van der Waals surface area (Å²) < 4.78 is 0. The van der Waals surface area contributed by atoms with Crippen LogP contribution in [0.15, 0.2) is 71.9 Å². The highest BCUT2D eigenvalue weighted by molar-refractivity contribution is 6.13. The highest BCUT2D eigenvalue weighted by Gasteiger charge is 2.51. The molecule has 242 valence electrons. The number of hydrogen-bond acceptors (Lipinski definition) is 5. The van der Waals surface area contributed by atoms with Gasteiger partial charge in [0, 0.05) is 60.6 Å². The van der Waals surface area contributed by atoms with Gasteiger partial charge in [-0.15, -0.1) is 0 Å². The standard InChI is InChI=1S/C36H41N9O2/c1-24-19-28(9-14-41-24)33(38)30-20-29(7-8-31(30)37)45-18-13-36(35(45)47)12-17-43(22-36)21-32(46)44-15-10-26(11-16-44)25-3-5-27(6-4-25)34(39)42-23-40-2/h3-10,14,19-20,23,38H,11-13,15-18,21-22,37H2,1-2H3,(H2,39,40,42)/p+2/t36-/m1/s1. The lowest BCUT2D eigenvalue weighted by Crippen LogP contribution is -2.62. The first-order valence-electron chi connectivity index (χ1n) is 16.1. The smallest absolute Gasteiger partial charge is 0.281 e. The van der Waals surface area contributed by atoms with Crippen LogP contribution in [0.4, 0.5) is 11.4 Å². The van der Waals surface area contributed by atoms with Gasteiger partial charge in [-0.05, 0) is 91.3 Å². The molecule has 4 heterocycles. The fraction of sp³-hybridized carbons (Fsp3) is 0.333. The number of aryl methyl sites for hydroxylation is 1. The number of amidine groups is 1. The molecule has 2 saturated heterocycles. The van der Waals surface area contributed by atoms with Gasteiger partial charge in [0.1, 0.15) is 0 Å². The van der Waals surface area contributed by atoms with Crippen LogP contribution in [0.2, 0.25) is 0 Å². The molecule has 0 aliphatic carbocycles. The Morgan fingerprint density at radius 3 is 2.60 bits per heavy atom. The maximum atomic E-state index is 13.9. The summed E-state index contributed by atoms with van der Waals surface area (Å²) in [6.45, 7) is 5.39. The van der Waals surface area contributed by atoms with E-state index in [-0.39, 0.29) is 11.8 Å². The van der Waals surface area contributed by atoms with E-state index in [0.717, 1.165) is 53.9 Å². The Balaban J connectivity index is 1.06. The number of nitrogens with zero attached hydrogens (tertiary/aromatic N) is 5. The van der Waals surface area contributed by atoms with Gasteiger partial charge in [-0.2, -0.15) is 0 Å².